The van der Waals surface area contributed by atoms with Gasteiger partial charge in [-0.15, -0.1) is 11.8 Å². The van der Waals surface area contributed by atoms with E-state index in [1.54, 1.807) is 11.9 Å². The molecule has 1 heterocycles. The Bertz CT molecular complexity index is 640. The molecule has 116 valence electrons. The summed E-state index contributed by atoms with van der Waals surface area (Å²) < 4.78 is 23.0. The summed E-state index contributed by atoms with van der Waals surface area (Å²) in [5.41, 5.74) is 2.37. The Morgan fingerprint density at radius 2 is 2.10 bits per heavy atom. The standard InChI is InChI=1S/C15H21NO3S2/c1-11-4-5-14(12(2)8-11)20-9-15(17)16(3)13-6-7-21(18,19)10-13/h4-5,8,13H,6-7,9-10H2,1-3H3/t13-/m0/s1. The Balaban J connectivity index is 1.92. The van der Waals surface area contributed by atoms with E-state index in [0.29, 0.717) is 12.2 Å². The number of sulfone groups is 1. The predicted molar refractivity (Wildman–Crippen MR) is 86.5 cm³/mol. The molecule has 0 N–H and O–H groups in total. The second-order valence-electron chi connectivity index (χ2n) is 5.62. The summed E-state index contributed by atoms with van der Waals surface area (Å²) in [5.74, 6) is 0.627. The molecule has 1 fully saturated rings. The summed E-state index contributed by atoms with van der Waals surface area (Å²) >= 11 is 1.51. The fourth-order valence-corrected chi connectivity index (χ4v) is 5.19. The summed E-state index contributed by atoms with van der Waals surface area (Å²) in [6.45, 7) is 4.08. The highest BCUT2D eigenvalue weighted by atomic mass is 32.2. The van der Waals surface area contributed by atoms with Gasteiger partial charge in [0.2, 0.25) is 5.91 Å². The number of hydrogen-bond donors (Lipinski definition) is 0. The number of benzene rings is 1. The monoisotopic (exact) mass is 327 g/mol. The first-order chi connectivity index (χ1) is 9.78. The van der Waals surface area contributed by atoms with E-state index in [0.717, 1.165) is 4.90 Å². The minimum absolute atomic E-state index is 0.0120. The van der Waals surface area contributed by atoms with Crippen molar-refractivity contribution >= 4 is 27.5 Å². The van der Waals surface area contributed by atoms with Gasteiger partial charge in [-0.3, -0.25) is 4.79 Å². The van der Waals surface area contributed by atoms with Gasteiger partial charge in [0.1, 0.15) is 0 Å². The molecule has 4 nitrogen and oxygen atoms in total. The number of carbonyl (C=O) groups is 1. The summed E-state index contributed by atoms with van der Waals surface area (Å²) in [4.78, 5) is 14.9. The van der Waals surface area contributed by atoms with Crippen LogP contribution in [0, 0.1) is 13.8 Å². The third-order valence-electron chi connectivity index (χ3n) is 3.83. The lowest BCUT2D eigenvalue weighted by molar-refractivity contribution is -0.128. The molecule has 0 bridgehead atoms. The van der Waals surface area contributed by atoms with Gasteiger partial charge < -0.3 is 4.90 Å². The molecule has 0 saturated carbocycles. The third-order valence-corrected chi connectivity index (χ3v) is 6.74. The second-order valence-corrected chi connectivity index (χ2v) is 8.87. The maximum Gasteiger partial charge on any atom is 0.232 e. The average molecular weight is 327 g/mol. The zero-order chi connectivity index (χ0) is 15.6. The largest absolute Gasteiger partial charge is 0.341 e. The van der Waals surface area contributed by atoms with Gasteiger partial charge in [-0.05, 0) is 31.9 Å². The lowest BCUT2D eigenvalue weighted by Crippen LogP contribution is -2.38. The van der Waals surface area contributed by atoms with Crippen LogP contribution in [0.2, 0.25) is 0 Å². The highest BCUT2D eigenvalue weighted by Gasteiger charge is 2.32. The molecule has 0 aliphatic carbocycles. The summed E-state index contributed by atoms with van der Waals surface area (Å²) in [5, 5.41) is 0. The van der Waals surface area contributed by atoms with Crippen molar-refractivity contribution in [1.82, 2.24) is 4.90 Å². The molecule has 1 aliphatic rings. The van der Waals surface area contributed by atoms with E-state index in [-0.39, 0.29) is 23.5 Å². The van der Waals surface area contributed by atoms with Crippen molar-refractivity contribution < 1.29 is 13.2 Å². The molecule has 0 unspecified atom stereocenters. The first-order valence-corrected chi connectivity index (χ1v) is 9.75. The van der Waals surface area contributed by atoms with Crippen LogP contribution in [0.3, 0.4) is 0 Å². The van der Waals surface area contributed by atoms with E-state index in [4.69, 9.17) is 0 Å². The van der Waals surface area contributed by atoms with Crippen LogP contribution in [0.4, 0.5) is 0 Å². The van der Waals surface area contributed by atoms with Crippen molar-refractivity contribution in [3.05, 3.63) is 29.3 Å². The molecule has 1 aliphatic heterocycles. The Kier molecular flexibility index (Phi) is 4.99. The summed E-state index contributed by atoms with van der Waals surface area (Å²) in [7, 11) is -1.25. The van der Waals surface area contributed by atoms with Crippen LogP contribution in [0.15, 0.2) is 23.1 Å². The van der Waals surface area contributed by atoms with E-state index in [1.807, 2.05) is 26.0 Å². The molecule has 0 aromatic heterocycles. The normalized spacial score (nSPS) is 20.4. The number of rotatable bonds is 4. The maximum atomic E-state index is 12.2. The molecule has 21 heavy (non-hydrogen) atoms. The van der Waals surface area contributed by atoms with Crippen LogP contribution < -0.4 is 0 Å². The average Bonchev–Trinajstić information content (AvgIpc) is 2.77. The molecule has 2 rings (SSSR count). The van der Waals surface area contributed by atoms with E-state index >= 15 is 0 Å². The molecule has 1 aromatic carbocycles. The zero-order valence-electron chi connectivity index (χ0n) is 12.6. The van der Waals surface area contributed by atoms with E-state index in [1.165, 1.54) is 22.9 Å². The molecule has 1 saturated heterocycles. The molecule has 6 heteroatoms. The minimum Gasteiger partial charge on any atom is -0.341 e. The Labute approximate surface area is 130 Å². The topological polar surface area (TPSA) is 54.5 Å². The van der Waals surface area contributed by atoms with Crippen LogP contribution in [0.5, 0.6) is 0 Å². The molecule has 0 radical (unpaired) electrons. The predicted octanol–water partition coefficient (Wildman–Crippen LogP) is 2.04. The van der Waals surface area contributed by atoms with Gasteiger partial charge in [0.25, 0.3) is 0 Å². The Morgan fingerprint density at radius 1 is 1.38 bits per heavy atom. The molecular weight excluding hydrogens is 306 g/mol. The van der Waals surface area contributed by atoms with Crippen LogP contribution in [-0.2, 0) is 14.6 Å². The number of aryl methyl sites for hydroxylation is 2. The first-order valence-electron chi connectivity index (χ1n) is 6.94. The molecule has 1 aromatic rings. The van der Waals surface area contributed by atoms with Crippen LogP contribution in [0.1, 0.15) is 17.5 Å². The first kappa shape index (κ1) is 16.4. The molecular formula is C15H21NO3S2. The van der Waals surface area contributed by atoms with Crippen molar-refractivity contribution in [3.63, 3.8) is 0 Å². The lowest BCUT2D eigenvalue weighted by Gasteiger charge is -2.23. The fourth-order valence-electron chi connectivity index (χ4n) is 2.49. The molecule has 0 spiro atoms. The number of carbonyl (C=O) groups excluding carboxylic acids is 1. The van der Waals surface area contributed by atoms with Crippen molar-refractivity contribution in [2.24, 2.45) is 0 Å². The van der Waals surface area contributed by atoms with E-state index in [9.17, 15) is 13.2 Å². The quantitative estimate of drug-likeness (QED) is 0.794. The molecule has 1 atom stereocenters. The number of hydrogen-bond acceptors (Lipinski definition) is 4. The number of nitrogens with zero attached hydrogens (tertiary/aromatic N) is 1. The van der Waals surface area contributed by atoms with Crippen LogP contribution in [-0.4, -0.2) is 49.6 Å². The smallest absolute Gasteiger partial charge is 0.232 e. The van der Waals surface area contributed by atoms with Gasteiger partial charge >= 0.3 is 0 Å². The highest BCUT2D eigenvalue weighted by molar-refractivity contribution is 8.00. The van der Waals surface area contributed by atoms with Crippen molar-refractivity contribution in [2.75, 3.05) is 24.3 Å². The zero-order valence-corrected chi connectivity index (χ0v) is 14.3. The Hall–Kier alpha value is -1.01. The molecule has 1 amide bonds. The fraction of sp³-hybridized carbons (Fsp3) is 0.533. The number of thioether (sulfide) groups is 1. The van der Waals surface area contributed by atoms with E-state index < -0.39 is 9.84 Å². The van der Waals surface area contributed by atoms with Gasteiger partial charge in [-0.2, -0.15) is 0 Å². The van der Waals surface area contributed by atoms with Gasteiger partial charge in [0, 0.05) is 18.0 Å². The van der Waals surface area contributed by atoms with E-state index in [2.05, 4.69) is 6.07 Å². The maximum absolute atomic E-state index is 12.2. The second kappa shape index (κ2) is 6.40. The van der Waals surface area contributed by atoms with Gasteiger partial charge in [-0.1, -0.05) is 17.7 Å². The Morgan fingerprint density at radius 3 is 2.67 bits per heavy atom. The van der Waals surface area contributed by atoms with Crippen molar-refractivity contribution in [2.45, 2.75) is 31.2 Å². The number of amides is 1. The third kappa shape index (κ3) is 4.23. The highest BCUT2D eigenvalue weighted by Crippen LogP contribution is 2.24. The van der Waals surface area contributed by atoms with Crippen LogP contribution >= 0.6 is 11.8 Å². The van der Waals surface area contributed by atoms with Gasteiger partial charge in [-0.25, -0.2) is 8.42 Å². The summed E-state index contributed by atoms with van der Waals surface area (Å²) in [6, 6.07) is 6.00. The lowest BCUT2D eigenvalue weighted by atomic mass is 10.2. The van der Waals surface area contributed by atoms with Crippen molar-refractivity contribution in [1.29, 1.82) is 0 Å². The summed E-state index contributed by atoms with van der Waals surface area (Å²) in [6.07, 6.45) is 0.554. The minimum atomic E-state index is -2.95. The van der Waals surface area contributed by atoms with Crippen molar-refractivity contribution in [3.8, 4) is 0 Å². The SMILES string of the molecule is Cc1ccc(SCC(=O)N(C)[C@H]2CCS(=O)(=O)C2)c(C)c1. The van der Waals surface area contributed by atoms with Crippen LogP contribution in [0.25, 0.3) is 0 Å². The van der Waals surface area contributed by atoms with Gasteiger partial charge in [0.05, 0.1) is 17.3 Å². The van der Waals surface area contributed by atoms with Gasteiger partial charge in [0.15, 0.2) is 9.84 Å².